The number of pyridine rings is 1. The predicted molar refractivity (Wildman–Crippen MR) is 94.0 cm³/mol. The van der Waals surface area contributed by atoms with Gasteiger partial charge in [-0.05, 0) is 57.1 Å². The van der Waals surface area contributed by atoms with Gasteiger partial charge in [0.25, 0.3) is 0 Å². The summed E-state index contributed by atoms with van der Waals surface area (Å²) in [4.78, 5) is 18.7. The lowest BCUT2D eigenvalue weighted by Gasteiger charge is -2.30. The maximum absolute atomic E-state index is 12.4. The van der Waals surface area contributed by atoms with Gasteiger partial charge in [-0.2, -0.15) is 0 Å². The standard InChI is InChI=1S/C19H25N3O3/c1-15(25-17-4-2-8-20-13-17)12-21-19(23)16-6-9-22(10-7-16)14-18-5-3-11-24-18/h2-5,8,11,13,15-16H,6-7,9-10,12,14H2,1H3,(H,21,23)/t15-/m0/s1. The lowest BCUT2D eigenvalue weighted by molar-refractivity contribution is -0.126. The van der Waals surface area contributed by atoms with Crippen molar-refractivity contribution in [2.75, 3.05) is 19.6 Å². The highest BCUT2D eigenvalue weighted by molar-refractivity contribution is 5.78. The molecule has 0 bridgehead atoms. The summed E-state index contributed by atoms with van der Waals surface area (Å²) in [7, 11) is 0. The zero-order valence-corrected chi connectivity index (χ0v) is 14.6. The Morgan fingerprint density at radius 3 is 2.92 bits per heavy atom. The number of rotatable bonds is 7. The number of amides is 1. The van der Waals surface area contributed by atoms with Gasteiger partial charge in [-0.3, -0.25) is 14.7 Å². The molecule has 3 rings (SSSR count). The van der Waals surface area contributed by atoms with Crippen LogP contribution in [0.3, 0.4) is 0 Å². The minimum atomic E-state index is -0.0906. The Hall–Kier alpha value is -2.34. The molecule has 0 radical (unpaired) electrons. The molecule has 134 valence electrons. The van der Waals surface area contributed by atoms with Crippen LogP contribution in [-0.2, 0) is 11.3 Å². The Morgan fingerprint density at radius 2 is 2.24 bits per heavy atom. The molecule has 2 aromatic rings. The minimum Gasteiger partial charge on any atom is -0.487 e. The molecule has 0 spiro atoms. The van der Waals surface area contributed by atoms with E-state index in [4.69, 9.17) is 9.15 Å². The second-order valence-corrected chi connectivity index (χ2v) is 6.49. The van der Waals surface area contributed by atoms with E-state index in [-0.39, 0.29) is 17.9 Å². The smallest absolute Gasteiger partial charge is 0.223 e. The Kier molecular flexibility index (Phi) is 6.06. The molecule has 2 aromatic heterocycles. The number of nitrogens with one attached hydrogen (secondary N) is 1. The van der Waals surface area contributed by atoms with Crippen molar-refractivity contribution >= 4 is 5.91 Å². The van der Waals surface area contributed by atoms with Crippen LogP contribution in [0.2, 0.25) is 0 Å². The van der Waals surface area contributed by atoms with Crippen molar-refractivity contribution in [1.29, 1.82) is 0 Å². The topological polar surface area (TPSA) is 67.6 Å². The Morgan fingerprint density at radius 1 is 1.40 bits per heavy atom. The van der Waals surface area contributed by atoms with Crippen LogP contribution in [0.15, 0.2) is 47.3 Å². The average Bonchev–Trinajstić information content (AvgIpc) is 3.14. The number of ether oxygens (including phenoxy) is 1. The van der Waals surface area contributed by atoms with Crippen LogP contribution in [0.4, 0.5) is 0 Å². The molecule has 6 heteroatoms. The van der Waals surface area contributed by atoms with E-state index in [1.165, 1.54) is 0 Å². The fraction of sp³-hybridized carbons (Fsp3) is 0.474. The summed E-state index contributed by atoms with van der Waals surface area (Å²) in [5, 5.41) is 3.01. The Balaban J connectivity index is 1.36. The van der Waals surface area contributed by atoms with Crippen LogP contribution in [-0.4, -0.2) is 41.5 Å². The number of furan rings is 1. The first-order chi connectivity index (χ1) is 12.2. The number of nitrogens with zero attached hydrogens (tertiary/aromatic N) is 2. The number of aromatic nitrogens is 1. The first-order valence-corrected chi connectivity index (χ1v) is 8.80. The fourth-order valence-electron chi connectivity index (χ4n) is 3.06. The largest absolute Gasteiger partial charge is 0.487 e. The molecule has 1 aliphatic rings. The average molecular weight is 343 g/mol. The summed E-state index contributed by atoms with van der Waals surface area (Å²) >= 11 is 0. The zero-order valence-electron chi connectivity index (χ0n) is 14.6. The molecule has 0 aromatic carbocycles. The van der Waals surface area contributed by atoms with Gasteiger partial charge in [0.05, 0.1) is 25.5 Å². The molecular weight excluding hydrogens is 318 g/mol. The summed E-state index contributed by atoms with van der Waals surface area (Å²) in [6.45, 7) is 5.10. The zero-order chi connectivity index (χ0) is 17.5. The molecule has 1 fully saturated rings. The van der Waals surface area contributed by atoms with E-state index in [0.29, 0.717) is 6.54 Å². The summed E-state index contributed by atoms with van der Waals surface area (Å²) in [5.41, 5.74) is 0. The second kappa shape index (κ2) is 8.67. The van der Waals surface area contributed by atoms with E-state index in [1.54, 1.807) is 18.7 Å². The molecule has 25 heavy (non-hydrogen) atoms. The molecule has 0 aliphatic carbocycles. The molecular formula is C19H25N3O3. The van der Waals surface area contributed by atoms with Gasteiger partial charge in [0.2, 0.25) is 5.91 Å². The third-order valence-electron chi connectivity index (χ3n) is 4.45. The van der Waals surface area contributed by atoms with E-state index in [9.17, 15) is 4.79 Å². The summed E-state index contributed by atoms with van der Waals surface area (Å²) in [6, 6.07) is 7.59. The second-order valence-electron chi connectivity index (χ2n) is 6.49. The Labute approximate surface area is 148 Å². The third-order valence-corrected chi connectivity index (χ3v) is 4.45. The van der Waals surface area contributed by atoms with Crippen LogP contribution in [0, 0.1) is 5.92 Å². The van der Waals surface area contributed by atoms with Crippen molar-refractivity contribution in [1.82, 2.24) is 15.2 Å². The van der Waals surface area contributed by atoms with Gasteiger partial charge in [-0.15, -0.1) is 0 Å². The molecule has 1 atom stereocenters. The minimum absolute atomic E-state index is 0.0819. The van der Waals surface area contributed by atoms with Gasteiger partial charge >= 0.3 is 0 Å². The molecule has 6 nitrogen and oxygen atoms in total. The lowest BCUT2D eigenvalue weighted by atomic mass is 9.96. The molecule has 1 amide bonds. The van der Waals surface area contributed by atoms with Crippen molar-refractivity contribution < 1.29 is 13.9 Å². The molecule has 0 unspecified atom stereocenters. The van der Waals surface area contributed by atoms with E-state index in [1.807, 2.05) is 31.2 Å². The van der Waals surface area contributed by atoms with E-state index >= 15 is 0 Å². The first-order valence-electron chi connectivity index (χ1n) is 8.80. The van der Waals surface area contributed by atoms with E-state index < -0.39 is 0 Å². The molecule has 1 aliphatic heterocycles. The van der Waals surface area contributed by atoms with Gasteiger partial charge in [0, 0.05) is 12.1 Å². The van der Waals surface area contributed by atoms with Crippen molar-refractivity contribution in [2.45, 2.75) is 32.4 Å². The summed E-state index contributed by atoms with van der Waals surface area (Å²) in [5.74, 6) is 1.90. The summed E-state index contributed by atoms with van der Waals surface area (Å²) < 4.78 is 11.1. The predicted octanol–water partition coefficient (Wildman–Crippen LogP) is 2.47. The fourth-order valence-corrected chi connectivity index (χ4v) is 3.06. The van der Waals surface area contributed by atoms with Crippen LogP contribution in [0.1, 0.15) is 25.5 Å². The molecule has 1 saturated heterocycles. The van der Waals surface area contributed by atoms with E-state index in [2.05, 4.69) is 15.2 Å². The number of piperidine rings is 1. The van der Waals surface area contributed by atoms with Gasteiger partial charge in [0.1, 0.15) is 17.6 Å². The van der Waals surface area contributed by atoms with Crippen LogP contribution in [0.25, 0.3) is 0 Å². The maximum Gasteiger partial charge on any atom is 0.223 e. The maximum atomic E-state index is 12.4. The van der Waals surface area contributed by atoms with Crippen molar-refractivity contribution in [3.8, 4) is 5.75 Å². The number of carbonyl (C=O) groups excluding carboxylic acids is 1. The molecule has 1 N–H and O–H groups in total. The van der Waals surface area contributed by atoms with Crippen LogP contribution >= 0.6 is 0 Å². The van der Waals surface area contributed by atoms with Crippen molar-refractivity contribution in [3.05, 3.63) is 48.7 Å². The van der Waals surface area contributed by atoms with Crippen LogP contribution < -0.4 is 10.1 Å². The Bertz CT molecular complexity index is 637. The first kappa shape index (κ1) is 17.5. The number of likely N-dealkylation sites (tertiary alicyclic amines) is 1. The summed E-state index contributed by atoms with van der Waals surface area (Å²) in [6.07, 6.45) is 6.75. The monoisotopic (exact) mass is 343 g/mol. The van der Waals surface area contributed by atoms with Gasteiger partial charge in [-0.1, -0.05) is 0 Å². The van der Waals surface area contributed by atoms with Crippen molar-refractivity contribution in [2.24, 2.45) is 5.92 Å². The quantitative estimate of drug-likeness (QED) is 0.836. The highest BCUT2D eigenvalue weighted by Crippen LogP contribution is 2.19. The molecule has 3 heterocycles. The molecule has 0 saturated carbocycles. The van der Waals surface area contributed by atoms with E-state index in [0.717, 1.165) is 44.0 Å². The number of carbonyl (C=O) groups is 1. The van der Waals surface area contributed by atoms with Gasteiger partial charge < -0.3 is 14.5 Å². The number of hydrogen-bond donors (Lipinski definition) is 1. The SMILES string of the molecule is C[C@@H](CNC(=O)C1CCN(Cc2ccco2)CC1)Oc1cccnc1. The van der Waals surface area contributed by atoms with Gasteiger partial charge in [-0.25, -0.2) is 0 Å². The van der Waals surface area contributed by atoms with Crippen LogP contribution in [0.5, 0.6) is 5.75 Å². The third kappa shape index (κ3) is 5.32. The van der Waals surface area contributed by atoms with Crippen molar-refractivity contribution in [3.63, 3.8) is 0 Å². The highest BCUT2D eigenvalue weighted by atomic mass is 16.5. The normalized spacial score (nSPS) is 17.2. The number of hydrogen-bond acceptors (Lipinski definition) is 5. The highest BCUT2D eigenvalue weighted by Gasteiger charge is 2.25. The lowest BCUT2D eigenvalue weighted by Crippen LogP contribution is -2.42. The van der Waals surface area contributed by atoms with Gasteiger partial charge in [0.15, 0.2) is 0 Å².